The summed E-state index contributed by atoms with van der Waals surface area (Å²) in [7, 11) is 1.21. The van der Waals surface area contributed by atoms with Crippen LogP contribution in [0.5, 0.6) is 0 Å². The predicted molar refractivity (Wildman–Crippen MR) is 98.0 cm³/mol. The molecule has 0 aliphatic carbocycles. The first-order valence-electron chi connectivity index (χ1n) is 7.68. The number of methoxy groups -OCH3 is 1. The van der Waals surface area contributed by atoms with Crippen LogP contribution in [0.2, 0.25) is 0 Å². The van der Waals surface area contributed by atoms with Gasteiger partial charge < -0.3 is 24.2 Å². The SMILES string of the molecule is COC(=O)[C@H](C)NP(=S)(Cl)OC[C@H]1O[C@@H](n2ccc(=O)[nH]c2=O)[C@H](O)[C@@H]1O. The van der Waals surface area contributed by atoms with Gasteiger partial charge in [-0.15, -0.1) is 0 Å². The van der Waals surface area contributed by atoms with Crippen molar-refractivity contribution in [1.29, 1.82) is 0 Å². The van der Waals surface area contributed by atoms with Gasteiger partial charge in [0.05, 0.1) is 13.7 Å². The number of carbonyl (C=O) groups excluding carboxylic acids is 1. The Hall–Kier alpha value is -1.11. The number of nitrogens with one attached hydrogen (secondary N) is 2. The molecule has 1 aromatic rings. The number of halogens is 1. The van der Waals surface area contributed by atoms with E-state index < -0.39 is 53.6 Å². The van der Waals surface area contributed by atoms with Crippen molar-refractivity contribution in [3.63, 3.8) is 0 Å². The molecule has 2 rings (SSSR count). The summed E-state index contributed by atoms with van der Waals surface area (Å²) in [6.45, 7) is 1.18. The monoisotopic (exact) mass is 443 g/mol. The lowest BCUT2D eigenvalue weighted by Gasteiger charge is -2.22. The van der Waals surface area contributed by atoms with E-state index in [-0.39, 0.29) is 6.61 Å². The number of aromatic amines is 1. The summed E-state index contributed by atoms with van der Waals surface area (Å²) < 4.78 is 16.3. The van der Waals surface area contributed by atoms with Crippen LogP contribution in [-0.2, 0) is 30.6 Å². The van der Waals surface area contributed by atoms with Gasteiger partial charge in [0.2, 0.25) is 5.77 Å². The number of aliphatic hydroxyl groups is 2. The van der Waals surface area contributed by atoms with Crippen LogP contribution in [0.3, 0.4) is 0 Å². The first kappa shape index (κ1) is 22.2. The van der Waals surface area contributed by atoms with E-state index in [9.17, 15) is 24.6 Å². The maximum Gasteiger partial charge on any atom is 0.330 e. The van der Waals surface area contributed by atoms with Gasteiger partial charge in [-0.2, -0.15) is 0 Å². The number of aliphatic hydroxyl groups excluding tert-OH is 2. The summed E-state index contributed by atoms with van der Waals surface area (Å²) in [6.07, 6.45) is -4.03. The number of esters is 1. The van der Waals surface area contributed by atoms with Crippen molar-refractivity contribution in [1.82, 2.24) is 14.6 Å². The van der Waals surface area contributed by atoms with Crippen LogP contribution < -0.4 is 16.3 Å². The summed E-state index contributed by atoms with van der Waals surface area (Å²) in [5.74, 6) is -3.74. The summed E-state index contributed by atoms with van der Waals surface area (Å²) in [4.78, 5) is 36.4. The minimum absolute atomic E-state index is 0.311. The van der Waals surface area contributed by atoms with Crippen LogP contribution in [0.15, 0.2) is 21.9 Å². The van der Waals surface area contributed by atoms with Crippen molar-refractivity contribution in [3.05, 3.63) is 33.1 Å². The average Bonchev–Trinajstić information content (AvgIpc) is 2.87. The van der Waals surface area contributed by atoms with Crippen LogP contribution in [0.4, 0.5) is 0 Å². The number of rotatable bonds is 7. The topological polar surface area (TPSA) is 152 Å². The fourth-order valence-electron chi connectivity index (χ4n) is 2.39. The van der Waals surface area contributed by atoms with Gasteiger partial charge in [0, 0.05) is 12.3 Å². The second-order valence-electron chi connectivity index (χ2n) is 5.71. The average molecular weight is 444 g/mol. The highest BCUT2D eigenvalue weighted by molar-refractivity contribution is 8.23. The first-order chi connectivity index (χ1) is 12.6. The molecule has 14 heteroatoms. The van der Waals surface area contributed by atoms with E-state index in [1.54, 1.807) is 0 Å². The Bertz CT molecular complexity index is 847. The number of carbonyl (C=O) groups is 1. The minimum atomic E-state index is -3.16. The summed E-state index contributed by atoms with van der Waals surface area (Å²) >= 11 is 11.2. The van der Waals surface area contributed by atoms with Gasteiger partial charge in [-0.05, 0) is 30.0 Å². The minimum Gasteiger partial charge on any atom is -0.468 e. The van der Waals surface area contributed by atoms with Crippen LogP contribution >= 0.6 is 17.0 Å². The van der Waals surface area contributed by atoms with Crippen LogP contribution in [0.1, 0.15) is 13.2 Å². The summed E-state index contributed by atoms with van der Waals surface area (Å²) in [5.41, 5.74) is -1.42. The third-order valence-electron chi connectivity index (χ3n) is 3.77. The quantitative estimate of drug-likeness (QED) is 0.298. The molecule has 1 aliphatic rings. The lowest BCUT2D eigenvalue weighted by Crippen LogP contribution is -2.37. The molecule has 1 saturated heterocycles. The molecule has 0 aromatic carbocycles. The fraction of sp³-hybridized carbons (Fsp3) is 0.615. The molecule has 1 aromatic heterocycles. The second-order valence-corrected chi connectivity index (χ2v) is 10.8. The molecule has 0 amide bonds. The maximum atomic E-state index is 11.8. The molecule has 1 aliphatic heterocycles. The first-order valence-corrected chi connectivity index (χ1v) is 11.3. The molecule has 2 heterocycles. The third-order valence-corrected chi connectivity index (χ3v) is 6.16. The standard InChI is InChI=1S/C13H19ClN3O8PS/c1-6(12(21)23-2)16-26(14,27)24-5-7-9(19)10(20)11(25-7)17-4-3-8(18)15-13(17)22/h3-4,6-7,9-11,19-20H,5H2,1-2H3,(H,16,27)(H,15,18,22)/t6-,7+,9+,10+,11+,26?/m0/s1. The number of ether oxygens (including phenoxy) is 2. The molecule has 0 saturated carbocycles. The van der Waals surface area contributed by atoms with E-state index in [4.69, 9.17) is 32.3 Å². The van der Waals surface area contributed by atoms with Gasteiger partial charge in [0.15, 0.2) is 6.23 Å². The van der Waals surface area contributed by atoms with Crippen molar-refractivity contribution < 1.29 is 29.0 Å². The summed E-state index contributed by atoms with van der Waals surface area (Å²) in [6, 6.07) is 0.260. The van der Waals surface area contributed by atoms with Crippen molar-refractivity contribution in [2.24, 2.45) is 0 Å². The Kier molecular flexibility index (Phi) is 7.33. The molecule has 152 valence electrons. The lowest BCUT2D eigenvalue weighted by atomic mass is 10.1. The fourth-order valence-corrected chi connectivity index (χ4v) is 4.64. The number of H-pyrrole nitrogens is 1. The predicted octanol–water partition coefficient (Wildman–Crippen LogP) is -1.21. The van der Waals surface area contributed by atoms with Crippen LogP contribution in [0.25, 0.3) is 0 Å². The highest BCUT2D eigenvalue weighted by atomic mass is 35.7. The van der Waals surface area contributed by atoms with Gasteiger partial charge in [-0.1, -0.05) is 0 Å². The molecule has 1 unspecified atom stereocenters. The zero-order valence-corrected chi connectivity index (χ0v) is 16.7. The van der Waals surface area contributed by atoms with E-state index in [1.165, 1.54) is 14.0 Å². The second kappa shape index (κ2) is 8.93. The molecular formula is C13H19ClN3O8PS. The zero-order valence-electron chi connectivity index (χ0n) is 14.3. The molecule has 6 atom stereocenters. The molecule has 4 N–H and O–H groups in total. The number of hydrogen-bond donors (Lipinski definition) is 4. The van der Waals surface area contributed by atoms with Gasteiger partial charge in [0.1, 0.15) is 24.4 Å². The Morgan fingerprint density at radius 2 is 2.19 bits per heavy atom. The zero-order chi connectivity index (χ0) is 20.4. The molecule has 0 spiro atoms. The molecule has 11 nitrogen and oxygen atoms in total. The number of hydrogen-bond acceptors (Lipinski definition) is 9. The van der Waals surface area contributed by atoms with E-state index >= 15 is 0 Å². The normalized spacial score (nSPS) is 28.5. The van der Waals surface area contributed by atoms with Gasteiger partial charge >= 0.3 is 11.7 Å². The Morgan fingerprint density at radius 1 is 1.52 bits per heavy atom. The van der Waals surface area contributed by atoms with Crippen LogP contribution in [0, 0.1) is 0 Å². The molecular weight excluding hydrogens is 425 g/mol. The molecule has 1 fully saturated rings. The Morgan fingerprint density at radius 3 is 2.78 bits per heavy atom. The van der Waals surface area contributed by atoms with Gasteiger partial charge in [0.25, 0.3) is 5.56 Å². The summed E-state index contributed by atoms with van der Waals surface area (Å²) in [5, 5.41) is 22.9. The third kappa shape index (κ3) is 5.46. The number of nitrogens with zero attached hydrogens (tertiary/aromatic N) is 1. The van der Waals surface area contributed by atoms with E-state index in [0.29, 0.717) is 0 Å². The highest BCUT2D eigenvalue weighted by Crippen LogP contribution is 2.49. The van der Waals surface area contributed by atoms with Gasteiger partial charge in [-0.25, -0.2) is 9.88 Å². The van der Waals surface area contributed by atoms with E-state index in [1.807, 2.05) is 4.98 Å². The molecule has 0 radical (unpaired) electrons. The number of aromatic nitrogens is 2. The smallest absolute Gasteiger partial charge is 0.330 e. The van der Waals surface area contributed by atoms with Crippen LogP contribution in [-0.4, -0.2) is 63.8 Å². The largest absolute Gasteiger partial charge is 0.468 e. The van der Waals surface area contributed by atoms with Gasteiger partial charge in [-0.3, -0.25) is 19.1 Å². The van der Waals surface area contributed by atoms with Crippen molar-refractivity contribution >= 4 is 34.8 Å². The molecule has 27 heavy (non-hydrogen) atoms. The van der Waals surface area contributed by atoms with E-state index in [2.05, 4.69) is 9.82 Å². The maximum absolute atomic E-state index is 11.8. The highest BCUT2D eigenvalue weighted by Gasteiger charge is 2.44. The van der Waals surface area contributed by atoms with Crippen molar-refractivity contribution in [3.8, 4) is 0 Å². The van der Waals surface area contributed by atoms with Crippen molar-refractivity contribution in [2.45, 2.75) is 37.5 Å². The Labute approximate surface area is 163 Å². The Balaban J connectivity index is 2.03. The lowest BCUT2D eigenvalue weighted by molar-refractivity contribution is -0.142. The van der Waals surface area contributed by atoms with Crippen molar-refractivity contribution in [2.75, 3.05) is 13.7 Å². The van der Waals surface area contributed by atoms with E-state index in [0.717, 1.165) is 16.8 Å². The molecule has 0 bridgehead atoms.